The van der Waals surface area contributed by atoms with Gasteiger partial charge in [-0.05, 0) is 41.8 Å². The molecule has 0 aliphatic carbocycles. The molecule has 8 nitrogen and oxygen atoms in total. The van der Waals surface area contributed by atoms with Crippen molar-refractivity contribution in [2.75, 3.05) is 6.61 Å². The highest BCUT2D eigenvalue weighted by molar-refractivity contribution is 7.14. The minimum atomic E-state index is -0.0411. The number of hydrogen-bond donors (Lipinski definition) is 2. The van der Waals surface area contributed by atoms with Crippen LogP contribution in [0.5, 0.6) is 0 Å². The van der Waals surface area contributed by atoms with E-state index in [4.69, 9.17) is 4.74 Å². The lowest BCUT2D eigenvalue weighted by atomic mass is 10.0. The molecule has 2 N–H and O–H groups in total. The molecule has 35 heavy (non-hydrogen) atoms. The van der Waals surface area contributed by atoms with Crippen LogP contribution in [-0.2, 0) is 31.4 Å². The molecule has 1 aliphatic heterocycles. The molecule has 5 heterocycles. The standard InChI is InChI=1S/C26H24N6O2S/c1-15-7-16(24-20-9-21(19-11-30-32(2)12-19)31-25(20)29-14-28-24)3-4-17(15)10-27-26(33)23-8-18-13-34-6-5-22(18)35-23/h3-4,7-9,11-12,14H,5-6,10,13H2,1-2H3,(H,27,33)(H,28,29,31). The molecule has 5 aromatic rings. The maximum absolute atomic E-state index is 12.7. The fourth-order valence-electron chi connectivity index (χ4n) is 4.45. The van der Waals surface area contributed by atoms with Gasteiger partial charge in [0.1, 0.15) is 12.0 Å². The quantitative estimate of drug-likeness (QED) is 0.385. The Hall–Kier alpha value is -3.82. The second-order valence-corrected chi connectivity index (χ2v) is 9.89. The summed E-state index contributed by atoms with van der Waals surface area (Å²) >= 11 is 1.57. The highest BCUT2D eigenvalue weighted by Crippen LogP contribution is 2.31. The van der Waals surface area contributed by atoms with Crippen LogP contribution in [0.2, 0.25) is 0 Å². The van der Waals surface area contributed by atoms with Crippen LogP contribution in [0, 0.1) is 6.92 Å². The lowest BCUT2D eigenvalue weighted by Gasteiger charge is -2.10. The van der Waals surface area contributed by atoms with Crippen LogP contribution in [0.3, 0.4) is 0 Å². The van der Waals surface area contributed by atoms with Gasteiger partial charge in [0.25, 0.3) is 5.91 Å². The number of carbonyl (C=O) groups is 1. The molecule has 0 fully saturated rings. The molecular weight excluding hydrogens is 460 g/mol. The van der Waals surface area contributed by atoms with Gasteiger partial charge >= 0.3 is 0 Å². The molecule has 0 unspecified atom stereocenters. The van der Waals surface area contributed by atoms with Gasteiger partial charge in [-0.15, -0.1) is 11.3 Å². The number of nitrogens with zero attached hydrogens (tertiary/aromatic N) is 4. The number of thiophene rings is 1. The number of H-pyrrole nitrogens is 1. The summed E-state index contributed by atoms with van der Waals surface area (Å²) in [5, 5.41) is 8.28. The van der Waals surface area contributed by atoms with Crippen molar-refractivity contribution in [3.05, 3.63) is 75.5 Å². The number of nitrogens with one attached hydrogen (secondary N) is 2. The van der Waals surface area contributed by atoms with Crippen LogP contribution in [0.1, 0.15) is 31.2 Å². The van der Waals surface area contributed by atoms with Gasteiger partial charge in [0, 0.05) is 47.6 Å². The van der Waals surface area contributed by atoms with E-state index >= 15 is 0 Å². The summed E-state index contributed by atoms with van der Waals surface area (Å²) in [7, 11) is 1.90. The van der Waals surface area contributed by atoms with E-state index in [0.29, 0.717) is 13.2 Å². The first-order valence-corrected chi connectivity index (χ1v) is 12.3. The second-order valence-electron chi connectivity index (χ2n) is 8.76. The first kappa shape index (κ1) is 21.7. The van der Waals surface area contributed by atoms with E-state index in [1.54, 1.807) is 22.3 Å². The Labute approximate surface area is 206 Å². The van der Waals surface area contributed by atoms with Crippen molar-refractivity contribution in [1.29, 1.82) is 0 Å². The summed E-state index contributed by atoms with van der Waals surface area (Å²) in [5.41, 5.74) is 7.91. The molecule has 0 saturated carbocycles. The van der Waals surface area contributed by atoms with Crippen molar-refractivity contribution in [2.24, 2.45) is 7.05 Å². The third-order valence-electron chi connectivity index (χ3n) is 6.35. The van der Waals surface area contributed by atoms with Gasteiger partial charge in [-0.1, -0.05) is 12.1 Å². The molecule has 1 aliphatic rings. The van der Waals surface area contributed by atoms with Gasteiger partial charge in [0.2, 0.25) is 0 Å². The molecule has 176 valence electrons. The van der Waals surface area contributed by atoms with Crippen molar-refractivity contribution in [1.82, 2.24) is 30.0 Å². The molecule has 0 spiro atoms. The monoisotopic (exact) mass is 484 g/mol. The second kappa shape index (κ2) is 8.75. The molecule has 1 aromatic carbocycles. The zero-order chi connectivity index (χ0) is 23.9. The number of benzene rings is 1. The predicted octanol–water partition coefficient (Wildman–Crippen LogP) is 4.40. The third-order valence-corrected chi connectivity index (χ3v) is 7.58. The van der Waals surface area contributed by atoms with Crippen molar-refractivity contribution in [3.63, 3.8) is 0 Å². The smallest absolute Gasteiger partial charge is 0.261 e. The van der Waals surface area contributed by atoms with Gasteiger partial charge < -0.3 is 15.0 Å². The first-order chi connectivity index (χ1) is 17.0. The lowest BCUT2D eigenvalue weighted by molar-refractivity contribution is 0.0954. The number of ether oxygens (including phenoxy) is 1. The van der Waals surface area contributed by atoms with Crippen molar-refractivity contribution >= 4 is 28.3 Å². The van der Waals surface area contributed by atoms with E-state index in [9.17, 15) is 4.79 Å². The number of fused-ring (bicyclic) bond motifs is 2. The zero-order valence-electron chi connectivity index (χ0n) is 19.5. The van der Waals surface area contributed by atoms with Crippen LogP contribution in [0.15, 0.2) is 49.1 Å². The summed E-state index contributed by atoms with van der Waals surface area (Å²) in [5.74, 6) is -0.0411. The molecule has 0 radical (unpaired) electrons. The lowest BCUT2D eigenvalue weighted by Crippen LogP contribution is -2.22. The van der Waals surface area contributed by atoms with Crippen molar-refractivity contribution < 1.29 is 9.53 Å². The van der Waals surface area contributed by atoms with Crippen LogP contribution < -0.4 is 5.32 Å². The predicted molar refractivity (Wildman–Crippen MR) is 135 cm³/mol. The van der Waals surface area contributed by atoms with Crippen molar-refractivity contribution in [2.45, 2.75) is 26.5 Å². The van der Waals surface area contributed by atoms with Gasteiger partial charge in [-0.3, -0.25) is 9.48 Å². The number of aromatic amines is 1. The molecule has 0 atom stereocenters. The highest BCUT2D eigenvalue weighted by Gasteiger charge is 2.18. The summed E-state index contributed by atoms with van der Waals surface area (Å²) in [4.78, 5) is 27.1. The van der Waals surface area contributed by atoms with E-state index in [-0.39, 0.29) is 5.91 Å². The molecule has 1 amide bonds. The van der Waals surface area contributed by atoms with Crippen LogP contribution in [0.4, 0.5) is 0 Å². The summed E-state index contributed by atoms with van der Waals surface area (Å²) in [6, 6.07) is 10.2. The number of aromatic nitrogens is 5. The number of rotatable bonds is 5. The van der Waals surface area contributed by atoms with Gasteiger partial charge in [-0.2, -0.15) is 5.10 Å². The summed E-state index contributed by atoms with van der Waals surface area (Å²) < 4.78 is 7.27. The Kier molecular flexibility index (Phi) is 5.43. The fraction of sp³-hybridized carbons (Fsp3) is 0.231. The normalized spacial score (nSPS) is 13.2. The maximum Gasteiger partial charge on any atom is 0.261 e. The summed E-state index contributed by atoms with van der Waals surface area (Å²) in [6.45, 7) is 3.86. The average Bonchev–Trinajstić information content (AvgIpc) is 3.60. The molecule has 6 rings (SSSR count). The molecule has 9 heteroatoms. The Morgan fingerprint density at radius 3 is 2.94 bits per heavy atom. The zero-order valence-corrected chi connectivity index (χ0v) is 20.3. The number of aryl methyl sites for hydroxylation is 2. The minimum Gasteiger partial charge on any atom is -0.376 e. The highest BCUT2D eigenvalue weighted by atomic mass is 32.1. The van der Waals surface area contributed by atoms with Crippen LogP contribution >= 0.6 is 11.3 Å². The van der Waals surface area contributed by atoms with E-state index < -0.39 is 0 Å². The average molecular weight is 485 g/mol. The van der Waals surface area contributed by atoms with Crippen LogP contribution in [0.25, 0.3) is 33.5 Å². The summed E-state index contributed by atoms with van der Waals surface area (Å²) in [6.07, 6.45) is 6.25. The van der Waals surface area contributed by atoms with Gasteiger partial charge in [0.15, 0.2) is 0 Å². The first-order valence-electron chi connectivity index (χ1n) is 11.5. The SMILES string of the molecule is Cc1cc(-c2ncnc3[nH]c(-c4cnn(C)c4)cc23)ccc1CNC(=O)c1cc2c(s1)CCOC2. The Balaban J connectivity index is 1.22. The Bertz CT molecular complexity index is 1540. The Morgan fingerprint density at radius 1 is 1.23 bits per heavy atom. The van der Waals surface area contributed by atoms with Gasteiger partial charge in [-0.25, -0.2) is 9.97 Å². The molecule has 0 saturated heterocycles. The number of amides is 1. The largest absolute Gasteiger partial charge is 0.376 e. The Morgan fingerprint density at radius 2 is 2.14 bits per heavy atom. The van der Waals surface area contributed by atoms with E-state index in [1.165, 1.54) is 4.88 Å². The third kappa shape index (κ3) is 4.13. The van der Waals surface area contributed by atoms with E-state index in [0.717, 1.165) is 68.1 Å². The van der Waals surface area contributed by atoms with E-state index in [2.05, 4.69) is 50.5 Å². The van der Waals surface area contributed by atoms with Gasteiger partial charge in [0.05, 0.1) is 35.7 Å². The maximum atomic E-state index is 12.7. The molecule has 0 bridgehead atoms. The topological polar surface area (TPSA) is 97.7 Å². The minimum absolute atomic E-state index is 0.0411. The number of carbonyl (C=O) groups excluding carboxylic acids is 1. The molecule has 4 aromatic heterocycles. The van der Waals surface area contributed by atoms with E-state index in [1.807, 2.05) is 31.6 Å². The number of hydrogen-bond acceptors (Lipinski definition) is 6. The van der Waals surface area contributed by atoms with Crippen LogP contribution in [-0.4, -0.2) is 37.2 Å². The fourth-order valence-corrected chi connectivity index (χ4v) is 5.51. The van der Waals surface area contributed by atoms with Crippen molar-refractivity contribution in [3.8, 4) is 22.5 Å². The molecular formula is C26H24N6O2S.